The van der Waals surface area contributed by atoms with Crippen LogP contribution in [0.2, 0.25) is 0 Å². The first-order chi connectivity index (χ1) is 8.69. The summed E-state index contributed by atoms with van der Waals surface area (Å²) in [6, 6.07) is 6.44. The fraction of sp³-hybridized carbons (Fsp3) is 0.333. The van der Waals surface area contributed by atoms with Gasteiger partial charge in [-0.05, 0) is 17.7 Å². The minimum Gasteiger partial charge on any atom is -0.508 e. The van der Waals surface area contributed by atoms with Crippen LogP contribution in [0.3, 0.4) is 0 Å². The van der Waals surface area contributed by atoms with E-state index in [2.05, 4.69) is 10.1 Å². The van der Waals surface area contributed by atoms with Gasteiger partial charge in [0, 0.05) is 13.5 Å². The minimum atomic E-state index is -0.406. The molecule has 0 fully saturated rings. The number of nitrogens with zero attached hydrogens (tertiary/aromatic N) is 2. The van der Waals surface area contributed by atoms with Gasteiger partial charge in [0.05, 0.1) is 6.61 Å². The number of hydrogen-bond donors (Lipinski definition) is 2. The molecule has 6 nitrogen and oxygen atoms in total. The summed E-state index contributed by atoms with van der Waals surface area (Å²) in [6.45, 7) is 0.334. The van der Waals surface area contributed by atoms with Gasteiger partial charge in [-0.25, -0.2) is 0 Å². The molecule has 0 bridgehead atoms. The fourth-order valence-corrected chi connectivity index (χ4v) is 1.54. The summed E-state index contributed by atoms with van der Waals surface area (Å²) in [5, 5.41) is 13.0. The average molecular weight is 249 g/mol. The SMILES string of the molecule is COCC(N)c1nc(Cc2ccc(O)cc2)no1. The molecule has 0 radical (unpaired) electrons. The first-order valence-electron chi connectivity index (χ1n) is 5.54. The predicted molar refractivity (Wildman–Crippen MR) is 64.0 cm³/mol. The van der Waals surface area contributed by atoms with E-state index >= 15 is 0 Å². The summed E-state index contributed by atoms with van der Waals surface area (Å²) >= 11 is 0. The Kier molecular flexibility index (Phi) is 3.91. The number of methoxy groups -OCH3 is 1. The second-order valence-electron chi connectivity index (χ2n) is 3.95. The summed E-state index contributed by atoms with van der Waals surface area (Å²) in [4.78, 5) is 4.20. The van der Waals surface area contributed by atoms with Crippen molar-refractivity contribution in [2.24, 2.45) is 5.73 Å². The van der Waals surface area contributed by atoms with Crippen molar-refractivity contribution in [2.75, 3.05) is 13.7 Å². The molecule has 0 aliphatic rings. The molecule has 1 heterocycles. The van der Waals surface area contributed by atoms with Crippen LogP contribution in [0.15, 0.2) is 28.8 Å². The van der Waals surface area contributed by atoms with Crippen molar-refractivity contribution < 1.29 is 14.4 Å². The zero-order chi connectivity index (χ0) is 13.0. The maximum Gasteiger partial charge on any atom is 0.245 e. The number of hydrogen-bond acceptors (Lipinski definition) is 6. The molecule has 2 aromatic rings. The van der Waals surface area contributed by atoms with Crippen LogP contribution in [-0.4, -0.2) is 29.0 Å². The van der Waals surface area contributed by atoms with Crippen LogP contribution >= 0.6 is 0 Å². The standard InChI is InChI=1S/C12H15N3O3/c1-17-7-10(13)12-14-11(15-18-12)6-8-2-4-9(16)5-3-8/h2-5,10,16H,6-7,13H2,1H3. The molecule has 1 atom stereocenters. The van der Waals surface area contributed by atoms with Crippen molar-refractivity contribution >= 4 is 0 Å². The smallest absolute Gasteiger partial charge is 0.245 e. The molecule has 0 saturated carbocycles. The van der Waals surface area contributed by atoms with E-state index in [4.69, 9.17) is 15.0 Å². The Morgan fingerprint density at radius 1 is 1.39 bits per heavy atom. The Labute approximate surface area is 104 Å². The van der Waals surface area contributed by atoms with Gasteiger partial charge in [-0.15, -0.1) is 0 Å². The van der Waals surface area contributed by atoms with Gasteiger partial charge in [0.2, 0.25) is 5.89 Å². The van der Waals surface area contributed by atoms with E-state index in [1.807, 2.05) is 0 Å². The van der Waals surface area contributed by atoms with Crippen LogP contribution in [0.5, 0.6) is 5.75 Å². The van der Waals surface area contributed by atoms with Gasteiger partial charge in [-0.2, -0.15) is 4.98 Å². The fourth-order valence-electron chi connectivity index (χ4n) is 1.54. The van der Waals surface area contributed by atoms with Crippen LogP contribution in [0.1, 0.15) is 23.3 Å². The molecule has 1 unspecified atom stereocenters. The van der Waals surface area contributed by atoms with Gasteiger partial charge in [0.1, 0.15) is 11.8 Å². The van der Waals surface area contributed by atoms with Crippen molar-refractivity contribution in [2.45, 2.75) is 12.5 Å². The van der Waals surface area contributed by atoms with E-state index in [0.717, 1.165) is 5.56 Å². The molecule has 0 aliphatic carbocycles. The largest absolute Gasteiger partial charge is 0.508 e. The lowest BCUT2D eigenvalue weighted by molar-refractivity contribution is 0.166. The zero-order valence-corrected chi connectivity index (χ0v) is 10.0. The molecule has 3 N–H and O–H groups in total. The Balaban J connectivity index is 2.04. The van der Waals surface area contributed by atoms with Crippen molar-refractivity contribution in [3.63, 3.8) is 0 Å². The van der Waals surface area contributed by atoms with Crippen LogP contribution in [0, 0.1) is 0 Å². The van der Waals surface area contributed by atoms with E-state index in [1.54, 1.807) is 31.4 Å². The quantitative estimate of drug-likeness (QED) is 0.821. The third kappa shape index (κ3) is 3.06. The molecule has 0 spiro atoms. The number of phenols is 1. The highest BCUT2D eigenvalue weighted by atomic mass is 16.5. The van der Waals surface area contributed by atoms with Gasteiger partial charge >= 0.3 is 0 Å². The number of rotatable bonds is 5. The highest BCUT2D eigenvalue weighted by Crippen LogP contribution is 2.14. The molecule has 6 heteroatoms. The van der Waals surface area contributed by atoms with Crippen molar-refractivity contribution in [3.05, 3.63) is 41.5 Å². The van der Waals surface area contributed by atoms with E-state index in [1.165, 1.54) is 0 Å². The third-order valence-corrected chi connectivity index (χ3v) is 2.45. The Morgan fingerprint density at radius 3 is 2.78 bits per heavy atom. The lowest BCUT2D eigenvalue weighted by atomic mass is 10.1. The van der Waals surface area contributed by atoms with Crippen LogP contribution in [0.4, 0.5) is 0 Å². The normalized spacial score (nSPS) is 12.6. The first-order valence-corrected chi connectivity index (χ1v) is 5.54. The van der Waals surface area contributed by atoms with Crippen molar-refractivity contribution in [1.82, 2.24) is 10.1 Å². The number of benzene rings is 1. The number of ether oxygens (including phenoxy) is 1. The Bertz CT molecular complexity index is 496. The molecule has 1 aromatic heterocycles. The first kappa shape index (κ1) is 12.5. The molecule has 2 rings (SSSR count). The maximum atomic E-state index is 9.18. The van der Waals surface area contributed by atoms with Crippen LogP contribution in [-0.2, 0) is 11.2 Å². The minimum absolute atomic E-state index is 0.231. The van der Waals surface area contributed by atoms with Gasteiger partial charge in [-0.1, -0.05) is 17.3 Å². The van der Waals surface area contributed by atoms with Crippen LogP contribution < -0.4 is 5.73 Å². The van der Waals surface area contributed by atoms with E-state index in [-0.39, 0.29) is 5.75 Å². The molecule has 0 amide bonds. The summed E-state index contributed by atoms with van der Waals surface area (Å²) in [5.41, 5.74) is 6.76. The molecule has 18 heavy (non-hydrogen) atoms. The Hall–Kier alpha value is -1.92. The molecular formula is C12H15N3O3. The van der Waals surface area contributed by atoms with Crippen molar-refractivity contribution in [1.29, 1.82) is 0 Å². The lowest BCUT2D eigenvalue weighted by Gasteiger charge is -2.02. The highest BCUT2D eigenvalue weighted by molar-refractivity contribution is 5.27. The van der Waals surface area contributed by atoms with Gasteiger partial charge in [0.15, 0.2) is 5.82 Å². The summed E-state index contributed by atoms with van der Waals surface area (Å²) < 4.78 is 9.98. The Morgan fingerprint density at radius 2 is 2.11 bits per heavy atom. The predicted octanol–water partition coefficient (Wildman–Crippen LogP) is 1.01. The average Bonchev–Trinajstić information content (AvgIpc) is 2.81. The van der Waals surface area contributed by atoms with Gasteiger partial charge < -0.3 is 20.1 Å². The van der Waals surface area contributed by atoms with Gasteiger partial charge in [-0.3, -0.25) is 0 Å². The zero-order valence-electron chi connectivity index (χ0n) is 10.0. The molecule has 0 saturated heterocycles. The molecule has 0 aliphatic heterocycles. The molecule has 1 aromatic carbocycles. The van der Waals surface area contributed by atoms with E-state index in [0.29, 0.717) is 24.7 Å². The maximum absolute atomic E-state index is 9.18. The van der Waals surface area contributed by atoms with E-state index < -0.39 is 6.04 Å². The second kappa shape index (κ2) is 5.61. The van der Waals surface area contributed by atoms with Gasteiger partial charge in [0.25, 0.3) is 0 Å². The lowest BCUT2D eigenvalue weighted by Crippen LogP contribution is -2.16. The summed E-state index contributed by atoms with van der Waals surface area (Å²) in [5.74, 6) is 1.16. The molecular weight excluding hydrogens is 234 g/mol. The number of phenolic OH excluding ortho intramolecular Hbond substituents is 1. The highest BCUT2D eigenvalue weighted by Gasteiger charge is 2.14. The number of aromatic hydroxyl groups is 1. The van der Waals surface area contributed by atoms with Crippen molar-refractivity contribution in [3.8, 4) is 5.75 Å². The third-order valence-electron chi connectivity index (χ3n) is 2.45. The topological polar surface area (TPSA) is 94.4 Å². The monoisotopic (exact) mass is 249 g/mol. The molecule has 96 valence electrons. The van der Waals surface area contributed by atoms with Crippen LogP contribution in [0.25, 0.3) is 0 Å². The summed E-state index contributed by atoms with van der Waals surface area (Å²) in [7, 11) is 1.56. The summed E-state index contributed by atoms with van der Waals surface area (Å²) in [6.07, 6.45) is 0.531. The number of aromatic nitrogens is 2. The number of nitrogens with two attached hydrogens (primary N) is 1. The second-order valence-corrected chi connectivity index (χ2v) is 3.95. The van der Waals surface area contributed by atoms with E-state index in [9.17, 15) is 5.11 Å².